The maximum atomic E-state index is 5.39. The average molecular weight is 248 g/mol. The molecular formula is C4H12Br2N2. The van der Waals surface area contributed by atoms with Gasteiger partial charge in [-0.15, -0.1) is 34.0 Å². The lowest BCUT2D eigenvalue weighted by Gasteiger charge is -2.28. The largest absolute Gasteiger partial charge is 0.328 e. The van der Waals surface area contributed by atoms with E-state index in [-0.39, 0.29) is 34.0 Å². The molecule has 0 spiro atoms. The molecule has 0 radical (unpaired) electrons. The molecular weight excluding hydrogens is 236 g/mol. The van der Waals surface area contributed by atoms with E-state index in [1.165, 1.54) is 0 Å². The van der Waals surface area contributed by atoms with Crippen molar-refractivity contribution in [3.8, 4) is 0 Å². The molecule has 0 aliphatic heterocycles. The summed E-state index contributed by atoms with van der Waals surface area (Å²) >= 11 is 0. The Hall–Kier alpha value is 0.880. The summed E-state index contributed by atoms with van der Waals surface area (Å²) in [7, 11) is 0. The van der Waals surface area contributed by atoms with E-state index in [0.29, 0.717) is 12.1 Å². The molecule has 1 rings (SSSR count). The van der Waals surface area contributed by atoms with Gasteiger partial charge in [-0.25, -0.2) is 0 Å². The number of rotatable bonds is 0. The predicted octanol–water partition coefficient (Wildman–Crippen LogP) is 0.591. The summed E-state index contributed by atoms with van der Waals surface area (Å²) in [4.78, 5) is 0. The first-order chi connectivity index (χ1) is 2.79. The number of hydrogen-bond acceptors (Lipinski definition) is 2. The molecule has 1 fully saturated rings. The molecule has 4 N–H and O–H groups in total. The monoisotopic (exact) mass is 246 g/mol. The first kappa shape index (κ1) is 11.6. The molecule has 0 unspecified atom stereocenters. The van der Waals surface area contributed by atoms with Crippen molar-refractivity contribution in [2.24, 2.45) is 11.5 Å². The number of nitrogens with two attached hydrogens (primary N) is 2. The summed E-state index contributed by atoms with van der Waals surface area (Å²) in [5.41, 5.74) is 10.8. The summed E-state index contributed by atoms with van der Waals surface area (Å²) in [6.07, 6.45) is 2.06. The highest BCUT2D eigenvalue weighted by atomic mass is 79.9. The average Bonchev–Trinajstić information content (AvgIpc) is 1.33. The van der Waals surface area contributed by atoms with Crippen molar-refractivity contribution in [1.82, 2.24) is 0 Å². The summed E-state index contributed by atoms with van der Waals surface area (Å²) in [5.74, 6) is 0. The van der Waals surface area contributed by atoms with Crippen molar-refractivity contribution < 1.29 is 0 Å². The third-order valence-corrected chi connectivity index (χ3v) is 1.21. The van der Waals surface area contributed by atoms with E-state index >= 15 is 0 Å². The van der Waals surface area contributed by atoms with Crippen LogP contribution in [0, 0.1) is 0 Å². The van der Waals surface area contributed by atoms with Gasteiger partial charge in [-0.05, 0) is 12.8 Å². The van der Waals surface area contributed by atoms with E-state index in [2.05, 4.69) is 0 Å². The van der Waals surface area contributed by atoms with Crippen molar-refractivity contribution in [3.05, 3.63) is 0 Å². The van der Waals surface area contributed by atoms with Crippen LogP contribution in [-0.4, -0.2) is 12.1 Å². The van der Waals surface area contributed by atoms with Gasteiger partial charge < -0.3 is 11.5 Å². The van der Waals surface area contributed by atoms with Gasteiger partial charge in [-0.1, -0.05) is 0 Å². The molecule has 0 bridgehead atoms. The molecule has 0 atom stereocenters. The first-order valence-corrected chi connectivity index (χ1v) is 2.30. The molecule has 0 aromatic heterocycles. The fraction of sp³-hybridized carbons (Fsp3) is 1.00. The van der Waals surface area contributed by atoms with Gasteiger partial charge in [0, 0.05) is 12.1 Å². The van der Waals surface area contributed by atoms with E-state index < -0.39 is 0 Å². The molecule has 0 heterocycles. The Kier molecular flexibility index (Phi) is 6.89. The van der Waals surface area contributed by atoms with E-state index in [9.17, 15) is 0 Å². The molecule has 1 aliphatic carbocycles. The second kappa shape index (κ2) is 4.73. The summed E-state index contributed by atoms with van der Waals surface area (Å²) in [5, 5.41) is 0. The Bertz CT molecular complexity index is 48.0. The first-order valence-electron chi connectivity index (χ1n) is 2.30. The number of halogens is 2. The predicted molar refractivity (Wildman–Crippen MR) is 45.8 cm³/mol. The van der Waals surface area contributed by atoms with Gasteiger partial charge in [-0.3, -0.25) is 0 Å². The van der Waals surface area contributed by atoms with Gasteiger partial charge in [0.1, 0.15) is 0 Å². The van der Waals surface area contributed by atoms with Gasteiger partial charge in [0.15, 0.2) is 0 Å². The maximum Gasteiger partial charge on any atom is 0.00683 e. The number of hydrogen-bond donors (Lipinski definition) is 2. The minimum Gasteiger partial charge on any atom is -0.328 e. The highest BCUT2D eigenvalue weighted by molar-refractivity contribution is 8.93. The lowest BCUT2D eigenvalue weighted by Crippen LogP contribution is -2.45. The Morgan fingerprint density at radius 2 is 1.12 bits per heavy atom. The van der Waals surface area contributed by atoms with Crippen LogP contribution >= 0.6 is 34.0 Å². The summed E-state index contributed by atoms with van der Waals surface area (Å²) in [6.45, 7) is 0. The Morgan fingerprint density at radius 3 is 1.12 bits per heavy atom. The van der Waals surface area contributed by atoms with Crippen LogP contribution in [0.3, 0.4) is 0 Å². The van der Waals surface area contributed by atoms with Crippen molar-refractivity contribution in [3.63, 3.8) is 0 Å². The van der Waals surface area contributed by atoms with Crippen LogP contribution in [0.25, 0.3) is 0 Å². The van der Waals surface area contributed by atoms with Crippen LogP contribution in [0.15, 0.2) is 0 Å². The lowest BCUT2D eigenvalue weighted by atomic mass is 9.89. The van der Waals surface area contributed by atoms with Crippen molar-refractivity contribution in [1.29, 1.82) is 0 Å². The second-order valence-electron chi connectivity index (χ2n) is 1.99. The highest BCUT2D eigenvalue weighted by Crippen LogP contribution is 2.13. The van der Waals surface area contributed by atoms with E-state index in [4.69, 9.17) is 11.5 Å². The molecule has 0 aromatic carbocycles. The zero-order chi connectivity index (χ0) is 4.57. The second-order valence-corrected chi connectivity index (χ2v) is 1.99. The zero-order valence-electron chi connectivity index (χ0n) is 4.54. The van der Waals surface area contributed by atoms with Gasteiger partial charge in [0.2, 0.25) is 0 Å². The molecule has 4 heteroatoms. The smallest absolute Gasteiger partial charge is 0.00683 e. The van der Waals surface area contributed by atoms with Gasteiger partial charge in [-0.2, -0.15) is 0 Å². The molecule has 0 aromatic rings. The third-order valence-electron chi connectivity index (χ3n) is 1.21. The van der Waals surface area contributed by atoms with Crippen LogP contribution in [0.5, 0.6) is 0 Å². The molecule has 1 aliphatic rings. The molecule has 1 saturated carbocycles. The van der Waals surface area contributed by atoms with Gasteiger partial charge in [0.25, 0.3) is 0 Å². The lowest BCUT2D eigenvalue weighted by molar-refractivity contribution is 0.351. The molecule has 52 valence electrons. The van der Waals surface area contributed by atoms with Gasteiger partial charge >= 0.3 is 0 Å². The standard InChI is InChI=1S/C4H10N2.2BrH/c5-3-1-4(6)2-3;;/h3-4H,1-2,5-6H2;2*1H. The zero-order valence-corrected chi connectivity index (χ0v) is 7.97. The maximum absolute atomic E-state index is 5.39. The Morgan fingerprint density at radius 1 is 0.875 bits per heavy atom. The minimum absolute atomic E-state index is 0. The van der Waals surface area contributed by atoms with Crippen LogP contribution in [0.2, 0.25) is 0 Å². The fourth-order valence-electron chi connectivity index (χ4n) is 0.709. The highest BCUT2D eigenvalue weighted by Gasteiger charge is 2.20. The molecule has 2 nitrogen and oxygen atoms in total. The van der Waals surface area contributed by atoms with Crippen molar-refractivity contribution >= 4 is 34.0 Å². The van der Waals surface area contributed by atoms with Gasteiger partial charge in [0.05, 0.1) is 0 Å². The molecule has 8 heavy (non-hydrogen) atoms. The van der Waals surface area contributed by atoms with Crippen LogP contribution < -0.4 is 11.5 Å². The van der Waals surface area contributed by atoms with E-state index in [0.717, 1.165) is 12.8 Å². The normalized spacial score (nSPS) is 33.8. The molecule has 0 amide bonds. The van der Waals surface area contributed by atoms with Crippen LogP contribution in [-0.2, 0) is 0 Å². The van der Waals surface area contributed by atoms with E-state index in [1.54, 1.807) is 0 Å². The third kappa shape index (κ3) is 3.02. The van der Waals surface area contributed by atoms with E-state index in [1.807, 2.05) is 0 Å². The summed E-state index contributed by atoms with van der Waals surface area (Å²) < 4.78 is 0. The topological polar surface area (TPSA) is 52.0 Å². The summed E-state index contributed by atoms with van der Waals surface area (Å²) in [6, 6.07) is 0.833. The van der Waals surface area contributed by atoms with Crippen molar-refractivity contribution in [2.75, 3.05) is 0 Å². The Balaban J connectivity index is 0. The minimum atomic E-state index is 0. The Labute approximate surface area is 70.5 Å². The quantitative estimate of drug-likeness (QED) is 0.659. The SMILES string of the molecule is Br.Br.NC1CC(N)C1. The fourth-order valence-corrected chi connectivity index (χ4v) is 0.709. The van der Waals surface area contributed by atoms with Crippen LogP contribution in [0.1, 0.15) is 12.8 Å². The van der Waals surface area contributed by atoms with Crippen LogP contribution in [0.4, 0.5) is 0 Å². The van der Waals surface area contributed by atoms with Crippen molar-refractivity contribution in [2.45, 2.75) is 24.9 Å². The molecule has 0 saturated heterocycles.